The SMILES string of the molecule is CC(=O)N[C@H]1C(O)O[C@H](CO)[C@@H](O[C@H]2O[C@H](CO[C@H]3O[C@H](CO[C@H]4O[C@H](CO)[C@@H](O)[C@H](O)[C@@H]4O[C@H]4O[C@H](CO)[C@@H](O)[C@H](O)[C@@H]4O)[C@@H](O)[C@H](O[C@H]4O[C@H](CO)[C@@H](O)[C@H](O)[C@@H]4O[C@H]4O[C@H](CO)[C@@H](O)[C@H](O)[C@@H]4O)[C@@H]3O)[C@@H](O)[C@H](O[C@H]3O[C@H](CO)[C@@H](O)[C@H](O)[C@@H]3O[C@H]3O[C@H](CO)[C@@H](O)[C@H](O)[C@@H]3O[C@H]3O[C@H](CO)[C@@H](O)[C@H](O)[C@@H]3O)[C@@H]2O)[C@@H]1O. The highest BCUT2D eigenvalue weighted by Crippen LogP contribution is 2.41. The molecule has 0 aromatic heterocycles. The van der Waals surface area contributed by atoms with Gasteiger partial charge in [-0.25, -0.2) is 0 Å². The normalized spacial score (nSPS) is 52.6. The van der Waals surface area contributed by atoms with E-state index in [2.05, 4.69) is 5.32 Å². The molecule has 0 aliphatic carbocycles. The lowest BCUT2D eigenvalue weighted by Gasteiger charge is -2.50. The van der Waals surface area contributed by atoms with E-state index in [1.807, 2.05) is 0 Å². The lowest BCUT2D eigenvalue weighted by Crippen LogP contribution is -2.69. The molecule has 0 saturated carbocycles. The molecule has 10 saturated heterocycles. The minimum atomic E-state index is -2.57. The quantitative estimate of drug-likeness (QED) is 0.0331. The van der Waals surface area contributed by atoms with Crippen LogP contribution in [-0.4, -0.2) is 537 Å². The van der Waals surface area contributed by atoms with Crippen LogP contribution in [0.5, 0.6) is 0 Å². The highest BCUT2D eigenvalue weighted by Gasteiger charge is 2.61. The first-order chi connectivity index (χ1) is 54.0. The predicted molar refractivity (Wildman–Crippen MR) is 341 cm³/mol. The predicted octanol–water partition coefficient (Wildman–Crippen LogP) is -22.7. The van der Waals surface area contributed by atoms with E-state index in [0.29, 0.717) is 0 Å². The summed E-state index contributed by atoms with van der Waals surface area (Å²) in [6, 6.07) is -1.81. The van der Waals surface area contributed by atoms with E-state index in [1.54, 1.807) is 0 Å². The van der Waals surface area contributed by atoms with E-state index in [4.69, 9.17) is 90.0 Å². The van der Waals surface area contributed by atoms with Crippen molar-refractivity contribution in [3.8, 4) is 0 Å². The molecule has 10 fully saturated rings. The van der Waals surface area contributed by atoms with Gasteiger partial charge in [-0.1, -0.05) is 0 Å². The van der Waals surface area contributed by atoms with E-state index in [1.165, 1.54) is 0 Å². The average molecular weight is 1680 g/mol. The number of rotatable bonds is 29. The maximum absolute atomic E-state index is 12.6. The molecular formula is C62H105NO51. The van der Waals surface area contributed by atoms with Crippen LogP contribution >= 0.6 is 0 Å². The zero-order valence-electron chi connectivity index (χ0n) is 60.0. The first-order valence-corrected chi connectivity index (χ1v) is 36.2. The zero-order valence-corrected chi connectivity index (χ0v) is 60.0. The van der Waals surface area contributed by atoms with Crippen LogP contribution in [0.25, 0.3) is 0 Å². The Morgan fingerprint density at radius 2 is 0.465 bits per heavy atom. The fourth-order valence-corrected chi connectivity index (χ4v) is 14.6. The van der Waals surface area contributed by atoms with Crippen LogP contribution in [0.2, 0.25) is 0 Å². The van der Waals surface area contributed by atoms with Crippen LogP contribution in [0.4, 0.5) is 0 Å². The summed E-state index contributed by atoms with van der Waals surface area (Å²) in [4.78, 5) is 12.4. The standard InChI is InChI=1S/C62H105NO51/c1-12(72)63-23-33(82)46(20(9-71)98-53(23)95)108-58-45(94)48(110-61-52(40(89)30(79)18(7-69)104-61)114-62-51(39(88)29(78)19(8-70)105-62)113-57-43(92)36(85)26(75)15(4-66)101-57)32(81)22(107-58)10-96-54-44(93)47(109-60-50(38(87)28(77)17(6-68)103-60)112-56-42(91)35(84)25(74)14(3-65)100-56)31(80)21(106-54)11-97-59-49(37(86)27(76)16(5-67)102-59)111-55-41(90)34(83)24(73)13(2-64)99-55/h13-62,64-71,73-95H,2-11H2,1H3,(H,63,72)/t13-,14-,15-,16-,17-,18-,19-,20-,21-,22-,23-,24-,25-,26-,27-,28-,29-,30-,31-,32-,33-,34+,35+,36+,37+,38+,39+,40+,41+,42+,43+,44+,45+,46-,47+,48+,49+,50+,51+,52+,53?,54+,55-,56-,57-,58-,59+,60-,61-,62-/m1/s1. The van der Waals surface area contributed by atoms with Crippen molar-refractivity contribution in [3.05, 3.63) is 0 Å². The van der Waals surface area contributed by atoms with Crippen molar-refractivity contribution in [2.75, 3.05) is 66.1 Å². The van der Waals surface area contributed by atoms with E-state index in [0.717, 1.165) is 6.92 Å². The van der Waals surface area contributed by atoms with Gasteiger partial charge >= 0.3 is 0 Å². The summed E-state index contributed by atoms with van der Waals surface area (Å²) in [7, 11) is 0. The minimum absolute atomic E-state index is 0.882. The van der Waals surface area contributed by atoms with Gasteiger partial charge in [-0.2, -0.15) is 0 Å². The highest BCUT2D eigenvalue weighted by molar-refractivity contribution is 5.73. The third kappa shape index (κ3) is 19.7. The first-order valence-electron chi connectivity index (χ1n) is 36.2. The molecule has 0 bridgehead atoms. The molecule has 32 N–H and O–H groups in total. The molecule has 0 aromatic carbocycles. The number of hydrogen-bond donors (Lipinski definition) is 32. The summed E-state index contributed by atoms with van der Waals surface area (Å²) in [5, 5.41) is 344. The molecule has 1 amide bonds. The van der Waals surface area contributed by atoms with Crippen LogP contribution in [0.1, 0.15) is 6.92 Å². The molecule has 10 aliphatic rings. The van der Waals surface area contributed by atoms with Crippen LogP contribution < -0.4 is 5.32 Å². The Morgan fingerprint density at radius 1 is 0.228 bits per heavy atom. The molecule has 1 unspecified atom stereocenters. The molecule has 664 valence electrons. The number of nitrogens with one attached hydrogen (secondary N) is 1. The van der Waals surface area contributed by atoms with Crippen molar-refractivity contribution in [1.82, 2.24) is 5.32 Å². The Kier molecular flexibility index (Phi) is 33.4. The van der Waals surface area contributed by atoms with Gasteiger partial charge in [-0.05, 0) is 0 Å². The van der Waals surface area contributed by atoms with Crippen LogP contribution in [0.3, 0.4) is 0 Å². The fourth-order valence-electron chi connectivity index (χ4n) is 14.6. The Morgan fingerprint density at radius 3 is 0.789 bits per heavy atom. The molecule has 0 radical (unpaired) electrons. The van der Waals surface area contributed by atoms with Crippen LogP contribution in [0.15, 0.2) is 0 Å². The van der Waals surface area contributed by atoms with Crippen molar-refractivity contribution in [2.24, 2.45) is 0 Å². The lowest BCUT2D eigenvalue weighted by molar-refractivity contribution is -0.408. The molecule has 0 spiro atoms. The third-order valence-electron chi connectivity index (χ3n) is 21.3. The first kappa shape index (κ1) is 93.7. The number of carbonyl (C=O) groups excluding carboxylic acids is 1. The number of ether oxygens (including phenoxy) is 19. The topological polar surface area (TPSA) is 832 Å². The molecule has 52 nitrogen and oxygen atoms in total. The van der Waals surface area contributed by atoms with Gasteiger partial charge in [0.05, 0.1) is 66.1 Å². The zero-order chi connectivity index (χ0) is 83.7. The van der Waals surface area contributed by atoms with Gasteiger partial charge < -0.3 is 254 Å². The van der Waals surface area contributed by atoms with Crippen LogP contribution in [0, 0.1) is 0 Å². The van der Waals surface area contributed by atoms with Crippen molar-refractivity contribution in [3.63, 3.8) is 0 Å². The van der Waals surface area contributed by atoms with Gasteiger partial charge in [0.15, 0.2) is 62.9 Å². The largest absolute Gasteiger partial charge is 0.394 e. The minimum Gasteiger partial charge on any atom is -0.394 e. The van der Waals surface area contributed by atoms with Crippen molar-refractivity contribution < 1.29 is 253 Å². The molecule has 10 rings (SSSR count). The monoisotopic (exact) mass is 1680 g/mol. The van der Waals surface area contributed by atoms with Crippen molar-refractivity contribution in [1.29, 1.82) is 0 Å². The van der Waals surface area contributed by atoms with Gasteiger partial charge in [0.1, 0.15) is 244 Å². The highest BCUT2D eigenvalue weighted by atomic mass is 16.8. The summed E-state index contributed by atoms with van der Waals surface area (Å²) in [6.45, 7) is -10.3. The van der Waals surface area contributed by atoms with Crippen LogP contribution in [-0.2, 0) is 94.8 Å². The molecule has 10 aliphatic heterocycles. The summed E-state index contributed by atoms with van der Waals surface area (Å²) in [5.74, 6) is -0.882. The average Bonchev–Trinajstić information content (AvgIpc) is 0.725. The number of hydrogen-bond acceptors (Lipinski definition) is 51. The van der Waals surface area contributed by atoms with Crippen molar-refractivity contribution in [2.45, 2.75) is 314 Å². The maximum Gasteiger partial charge on any atom is 0.217 e. The van der Waals surface area contributed by atoms with Gasteiger partial charge in [0, 0.05) is 6.92 Å². The smallest absolute Gasteiger partial charge is 0.217 e. The summed E-state index contributed by atoms with van der Waals surface area (Å²) in [6.07, 6.45) is -107. The lowest BCUT2D eigenvalue weighted by atomic mass is 9.94. The van der Waals surface area contributed by atoms with Gasteiger partial charge in [-0.3, -0.25) is 4.79 Å². The number of aliphatic hydroxyl groups is 31. The summed E-state index contributed by atoms with van der Waals surface area (Å²) in [5.41, 5.74) is 0. The number of amides is 1. The molecule has 0 aromatic rings. The van der Waals surface area contributed by atoms with E-state index in [-0.39, 0.29) is 0 Å². The second-order valence-electron chi connectivity index (χ2n) is 28.8. The van der Waals surface area contributed by atoms with E-state index in [9.17, 15) is 163 Å². The molecular weight excluding hydrogens is 1570 g/mol. The maximum atomic E-state index is 12.6. The molecule has 50 atom stereocenters. The Hall–Kier alpha value is -2.53. The van der Waals surface area contributed by atoms with E-state index >= 15 is 0 Å². The number of carbonyl (C=O) groups is 1. The molecule has 10 heterocycles. The Bertz CT molecular complexity index is 2920. The van der Waals surface area contributed by atoms with Gasteiger partial charge in [-0.15, -0.1) is 0 Å². The van der Waals surface area contributed by atoms with Gasteiger partial charge in [0.2, 0.25) is 5.91 Å². The van der Waals surface area contributed by atoms with E-state index < -0.39 is 379 Å². The molecule has 114 heavy (non-hydrogen) atoms. The third-order valence-corrected chi connectivity index (χ3v) is 21.3. The molecule has 52 heteroatoms. The van der Waals surface area contributed by atoms with Gasteiger partial charge in [0.25, 0.3) is 0 Å². The fraction of sp³-hybridized carbons (Fsp3) is 0.984. The Balaban J connectivity index is 0.999. The Labute approximate surface area is 642 Å². The van der Waals surface area contributed by atoms with Crippen molar-refractivity contribution >= 4 is 5.91 Å². The second-order valence-corrected chi connectivity index (χ2v) is 28.8. The summed E-state index contributed by atoms with van der Waals surface area (Å²) >= 11 is 0. The number of aliphatic hydroxyl groups excluding tert-OH is 31. The summed E-state index contributed by atoms with van der Waals surface area (Å²) < 4.78 is 111. The second kappa shape index (κ2) is 40.6.